The van der Waals surface area contributed by atoms with Gasteiger partial charge in [0.25, 0.3) is 5.91 Å². The molecule has 3 N–H and O–H groups in total. The van der Waals surface area contributed by atoms with Crippen LogP contribution in [0.4, 0.5) is 5.69 Å². The lowest BCUT2D eigenvalue weighted by Gasteiger charge is -2.59. The average molecular weight is 462 g/mol. The van der Waals surface area contributed by atoms with E-state index in [0.29, 0.717) is 23.4 Å². The fourth-order valence-corrected chi connectivity index (χ4v) is 6.48. The Morgan fingerprint density at radius 2 is 2.18 bits per heavy atom. The molecule has 1 aromatic carbocycles. The molecule has 178 valence electrons. The van der Waals surface area contributed by atoms with Gasteiger partial charge in [-0.25, -0.2) is 0 Å². The largest absolute Gasteiger partial charge is 0.504 e. The molecule has 2 aliphatic heterocycles. The normalized spacial score (nSPS) is 32.1. The van der Waals surface area contributed by atoms with E-state index in [4.69, 9.17) is 4.74 Å². The molecule has 0 unspecified atom stereocenters. The standard InChI is InChI=1S/C27H31N3O4/c1-16(25(32)29-19-4-3-10-28-14-19)12-22-27-9-11-30(15-17-5-6-17)21(26(27,2)33)13-18-7-8-20(31)24(34-22)23(18)27/h3-4,7-8,10,12,14,17,21-22,31,33H,5-6,9,11,13,15H2,1-2H3,(H,29,32)/b16-12+/t21-,22+,26-,27-/m1/s1. The number of hydrogen-bond acceptors (Lipinski definition) is 6. The molecular formula is C27H31N3O4. The van der Waals surface area contributed by atoms with E-state index in [1.165, 1.54) is 12.8 Å². The quantitative estimate of drug-likeness (QED) is 0.592. The van der Waals surface area contributed by atoms with E-state index in [9.17, 15) is 15.0 Å². The van der Waals surface area contributed by atoms with Gasteiger partial charge in [-0.1, -0.05) is 6.07 Å². The highest BCUT2D eigenvalue weighted by Crippen LogP contribution is 2.62. The first-order valence-electron chi connectivity index (χ1n) is 12.2. The van der Waals surface area contributed by atoms with Crippen LogP contribution in [0.25, 0.3) is 0 Å². The second-order valence-corrected chi connectivity index (χ2v) is 10.6. The van der Waals surface area contributed by atoms with Crippen molar-refractivity contribution in [2.24, 2.45) is 5.92 Å². The number of pyridine rings is 1. The van der Waals surface area contributed by atoms with E-state index in [2.05, 4.69) is 15.2 Å². The van der Waals surface area contributed by atoms with Gasteiger partial charge in [0.2, 0.25) is 0 Å². The SMILES string of the molecule is C/C(=C\[C@@H]1Oc2c(O)ccc3c2[C@@]12CCN(CC1CC1)[C@H](C3)[C@@]2(C)O)C(=O)Nc1cccnc1. The Bertz CT molecular complexity index is 1170. The minimum atomic E-state index is -1.08. The Morgan fingerprint density at radius 1 is 1.35 bits per heavy atom. The molecule has 2 aromatic rings. The monoisotopic (exact) mass is 461 g/mol. The van der Waals surface area contributed by atoms with Crippen molar-refractivity contribution in [3.05, 3.63) is 59.4 Å². The van der Waals surface area contributed by atoms with Crippen molar-refractivity contribution in [1.82, 2.24) is 9.88 Å². The zero-order chi connectivity index (χ0) is 23.7. The van der Waals surface area contributed by atoms with Crippen LogP contribution >= 0.6 is 0 Å². The first-order chi connectivity index (χ1) is 16.3. The van der Waals surface area contributed by atoms with Gasteiger partial charge in [0.05, 0.1) is 22.9 Å². The fourth-order valence-electron chi connectivity index (χ4n) is 6.48. The van der Waals surface area contributed by atoms with Gasteiger partial charge in [-0.15, -0.1) is 0 Å². The molecule has 7 nitrogen and oxygen atoms in total. The van der Waals surface area contributed by atoms with Crippen LogP contribution in [-0.4, -0.2) is 56.8 Å². The summed E-state index contributed by atoms with van der Waals surface area (Å²) in [6, 6.07) is 7.19. The molecule has 1 saturated carbocycles. The van der Waals surface area contributed by atoms with Gasteiger partial charge in [-0.3, -0.25) is 14.7 Å². The number of carbonyl (C=O) groups is 1. The Labute approximate surface area is 199 Å². The van der Waals surface area contributed by atoms with Crippen LogP contribution in [0.5, 0.6) is 11.5 Å². The van der Waals surface area contributed by atoms with E-state index >= 15 is 0 Å². The summed E-state index contributed by atoms with van der Waals surface area (Å²) in [5.41, 5.74) is 1.35. The van der Waals surface area contributed by atoms with Crippen molar-refractivity contribution in [3.8, 4) is 11.5 Å². The maximum atomic E-state index is 12.9. The molecule has 2 bridgehead atoms. The Morgan fingerprint density at radius 3 is 2.91 bits per heavy atom. The van der Waals surface area contributed by atoms with Gasteiger partial charge in [-0.2, -0.15) is 0 Å². The lowest BCUT2D eigenvalue weighted by atomic mass is 9.53. The van der Waals surface area contributed by atoms with Crippen LogP contribution in [0.15, 0.2) is 48.3 Å². The maximum Gasteiger partial charge on any atom is 0.251 e. The number of aliphatic hydroxyl groups is 1. The fraction of sp³-hybridized carbons (Fsp3) is 0.481. The molecule has 2 aliphatic carbocycles. The third-order valence-corrected chi connectivity index (χ3v) is 8.47. The number of nitrogens with zero attached hydrogens (tertiary/aromatic N) is 2. The number of rotatable bonds is 5. The number of nitrogens with one attached hydrogen (secondary N) is 1. The van der Waals surface area contributed by atoms with Gasteiger partial charge in [0, 0.05) is 29.9 Å². The lowest BCUT2D eigenvalue weighted by Crippen LogP contribution is -2.72. The molecule has 1 amide bonds. The van der Waals surface area contributed by atoms with Gasteiger partial charge < -0.3 is 20.3 Å². The number of piperidine rings is 1. The number of fused-ring (bicyclic) bond motifs is 1. The second-order valence-electron chi connectivity index (χ2n) is 10.6. The summed E-state index contributed by atoms with van der Waals surface area (Å²) in [6.07, 6.45) is 8.48. The highest BCUT2D eigenvalue weighted by atomic mass is 16.5. The van der Waals surface area contributed by atoms with Gasteiger partial charge in [-0.05, 0) is 81.8 Å². The van der Waals surface area contributed by atoms with E-state index < -0.39 is 17.1 Å². The topological polar surface area (TPSA) is 94.9 Å². The van der Waals surface area contributed by atoms with Crippen LogP contribution in [0.2, 0.25) is 0 Å². The summed E-state index contributed by atoms with van der Waals surface area (Å²) in [5.74, 6) is 1.02. The predicted octanol–water partition coefficient (Wildman–Crippen LogP) is 3.16. The van der Waals surface area contributed by atoms with Crippen LogP contribution in [0.1, 0.15) is 44.2 Å². The van der Waals surface area contributed by atoms with Crippen LogP contribution in [0.3, 0.4) is 0 Å². The molecule has 4 aliphatic rings. The number of amides is 1. The van der Waals surface area contributed by atoms with E-state index in [1.807, 2.05) is 19.1 Å². The van der Waals surface area contributed by atoms with Crippen LogP contribution < -0.4 is 10.1 Å². The zero-order valence-electron chi connectivity index (χ0n) is 19.6. The predicted molar refractivity (Wildman–Crippen MR) is 128 cm³/mol. The Balaban J connectivity index is 1.39. The third kappa shape index (κ3) is 3.10. The lowest BCUT2D eigenvalue weighted by molar-refractivity contribution is -0.148. The molecule has 1 saturated heterocycles. The molecular weight excluding hydrogens is 430 g/mol. The van der Waals surface area contributed by atoms with Gasteiger partial charge in [0.15, 0.2) is 11.5 Å². The summed E-state index contributed by atoms with van der Waals surface area (Å²) in [6.45, 7) is 5.56. The highest BCUT2D eigenvalue weighted by Gasteiger charge is 2.68. The summed E-state index contributed by atoms with van der Waals surface area (Å²) < 4.78 is 6.38. The molecule has 1 spiro atoms. The van der Waals surface area contributed by atoms with E-state index in [-0.39, 0.29) is 17.7 Å². The van der Waals surface area contributed by atoms with Crippen molar-refractivity contribution in [2.45, 2.75) is 62.7 Å². The molecule has 0 radical (unpaired) electrons. The first kappa shape index (κ1) is 21.6. The molecule has 34 heavy (non-hydrogen) atoms. The molecule has 2 fully saturated rings. The van der Waals surface area contributed by atoms with Crippen molar-refractivity contribution >= 4 is 11.6 Å². The van der Waals surface area contributed by atoms with Gasteiger partial charge >= 0.3 is 0 Å². The van der Waals surface area contributed by atoms with Crippen molar-refractivity contribution in [2.75, 3.05) is 18.4 Å². The number of ether oxygens (including phenoxy) is 1. The number of anilines is 1. The number of hydrogen-bond donors (Lipinski definition) is 3. The zero-order valence-corrected chi connectivity index (χ0v) is 19.6. The van der Waals surface area contributed by atoms with E-state index in [1.54, 1.807) is 37.5 Å². The Kier molecular flexibility index (Phi) is 4.80. The smallest absolute Gasteiger partial charge is 0.251 e. The van der Waals surface area contributed by atoms with Crippen molar-refractivity contribution in [3.63, 3.8) is 0 Å². The molecule has 3 heterocycles. The van der Waals surface area contributed by atoms with Gasteiger partial charge in [0.1, 0.15) is 6.10 Å². The second kappa shape index (κ2) is 7.55. The minimum absolute atomic E-state index is 0.0335. The summed E-state index contributed by atoms with van der Waals surface area (Å²) in [5, 5.41) is 25.7. The van der Waals surface area contributed by atoms with E-state index in [0.717, 1.165) is 36.6 Å². The van der Waals surface area contributed by atoms with Crippen LogP contribution in [-0.2, 0) is 16.6 Å². The summed E-state index contributed by atoms with van der Waals surface area (Å²) in [4.78, 5) is 19.5. The number of phenolic OH excluding ortho intramolecular Hbond substituents is 1. The number of phenols is 1. The Hall–Kier alpha value is -2.90. The summed E-state index contributed by atoms with van der Waals surface area (Å²) >= 11 is 0. The van der Waals surface area contributed by atoms with Crippen molar-refractivity contribution < 1.29 is 19.7 Å². The number of aromatic nitrogens is 1. The first-order valence-corrected chi connectivity index (χ1v) is 12.2. The highest BCUT2D eigenvalue weighted by molar-refractivity contribution is 6.03. The molecule has 4 atom stereocenters. The minimum Gasteiger partial charge on any atom is -0.504 e. The third-order valence-electron chi connectivity index (χ3n) is 8.47. The molecule has 7 heteroatoms. The summed E-state index contributed by atoms with van der Waals surface area (Å²) in [7, 11) is 0. The average Bonchev–Trinajstić information content (AvgIpc) is 3.55. The molecule has 1 aromatic heterocycles. The van der Waals surface area contributed by atoms with Crippen LogP contribution in [0, 0.1) is 5.92 Å². The number of aromatic hydroxyl groups is 1. The maximum absolute atomic E-state index is 12.9. The number of benzene rings is 1. The number of carbonyl (C=O) groups excluding carboxylic acids is 1. The van der Waals surface area contributed by atoms with Crippen molar-refractivity contribution in [1.29, 1.82) is 0 Å². The number of likely N-dealkylation sites (tertiary alicyclic amines) is 1. The molecule has 6 rings (SSSR count).